The fourth-order valence-electron chi connectivity index (χ4n) is 1.63. The summed E-state index contributed by atoms with van der Waals surface area (Å²) in [6.45, 7) is 3.90. The molecule has 0 radical (unpaired) electrons. The van der Waals surface area contributed by atoms with Crippen LogP contribution >= 0.6 is 33.9 Å². The molecule has 2 nitrogen and oxygen atoms in total. The molecule has 15 heavy (non-hydrogen) atoms. The van der Waals surface area contributed by atoms with E-state index in [9.17, 15) is 0 Å². The molecule has 0 amide bonds. The van der Waals surface area contributed by atoms with Crippen molar-refractivity contribution in [2.45, 2.75) is 19.9 Å². The summed E-state index contributed by atoms with van der Waals surface area (Å²) < 4.78 is 6.75. The Morgan fingerprint density at radius 2 is 2.13 bits per heavy atom. The Kier molecular flexibility index (Phi) is 3.18. The number of aryl methyl sites for hydroxylation is 2. The maximum atomic E-state index is 6.19. The van der Waals surface area contributed by atoms with Gasteiger partial charge in [0, 0.05) is 5.56 Å². The summed E-state index contributed by atoms with van der Waals surface area (Å²) in [7, 11) is 0. The molecule has 0 spiro atoms. The van der Waals surface area contributed by atoms with Crippen LogP contribution in [0.3, 0.4) is 0 Å². The Balaban J connectivity index is 2.35. The van der Waals surface area contributed by atoms with Gasteiger partial charge in [0.1, 0.15) is 11.5 Å². The summed E-state index contributed by atoms with van der Waals surface area (Å²) in [4.78, 5) is 0. The second-order valence-corrected chi connectivity index (χ2v) is 6.34. The molecule has 2 aromatic rings. The lowest BCUT2D eigenvalue weighted by molar-refractivity contribution is 0.499. The van der Waals surface area contributed by atoms with E-state index in [4.69, 9.17) is 10.2 Å². The lowest BCUT2D eigenvalue weighted by atomic mass is 10.0. The Labute approximate surface area is 107 Å². The molecule has 1 atom stereocenters. The molecule has 1 unspecified atom stereocenters. The molecule has 0 aliphatic carbocycles. The first-order chi connectivity index (χ1) is 7.08. The second-order valence-electron chi connectivity index (χ2n) is 3.53. The molecule has 4 heteroatoms. The van der Waals surface area contributed by atoms with Gasteiger partial charge in [-0.2, -0.15) is 0 Å². The van der Waals surface area contributed by atoms with Crippen LogP contribution < -0.4 is 5.73 Å². The van der Waals surface area contributed by atoms with E-state index in [2.05, 4.69) is 34.0 Å². The topological polar surface area (TPSA) is 39.2 Å². The van der Waals surface area contributed by atoms with Crippen LogP contribution in [-0.4, -0.2) is 0 Å². The van der Waals surface area contributed by atoms with E-state index in [0.717, 1.165) is 22.6 Å². The van der Waals surface area contributed by atoms with Gasteiger partial charge in [-0.05, 0) is 59.5 Å². The number of hydrogen-bond donors (Lipinski definition) is 1. The predicted molar refractivity (Wildman–Crippen MR) is 71.2 cm³/mol. The summed E-state index contributed by atoms with van der Waals surface area (Å²) in [5.74, 6) is 1.84. The standard InChI is InChI=1S/C11H12INOS/c1-6-3-9(7(2)14-6)11(13)8-4-10(12)15-5-8/h3-5,11H,13H2,1-2H3. The quantitative estimate of drug-likeness (QED) is 0.853. The first kappa shape index (κ1) is 11.2. The molecule has 0 saturated heterocycles. The van der Waals surface area contributed by atoms with Crippen LogP contribution in [0.1, 0.15) is 28.7 Å². The Morgan fingerprint density at radius 1 is 1.40 bits per heavy atom. The molecule has 2 N–H and O–H groups in total. The number of hydrogen-bond acceptors (Lipinski definition) is 3. The van der Waals surface area contributed by atoms with Crippen LogP contribution in [0.5, 0.6) is 0 Å². The summed E-state index contributed by atoms with van der Waals surface area (Å²) >= 11 is 4.02. The molecule has 0 aromatic carbocycles. The Bertz CT molecular complexity index is 475. The summed E-state index contributed by atoms with van der Waals surface area (Å²) in [5, 5.41) is 2.11. The van der Waals surface area contributed by atoms with E-state index >= 15 is 0 Å². The first-order valence-electron chi connectivity index (χ1n) is 4.64. The van der Waals surface area contributed by atoms with E-state index in [0.29, 0.717) is 0 Å². The minimum atomic E-state index is -0.0674. The van der Waals surface area contributed by atoms with Crippen molar-refractivity contribution in [3.63, 3.8) is 0 Å². The number of rotatable bonds is 2. The van der Waals surface area contributed by atoms with Crippen molar-refractivity contribution in [3.05, 3.63) is 43.0 Å². The van der Waals surface area contributed by atoms with Gasteiger partial charge >= 0.3 is 0 Å². The van der Waals surface area contributed by atoms with Crippen molar-refractivity contribution in [1.82, 2.24) is 0 Å². The van der Waals surface area contributed by atoms with Crippen molar-refractivity contribution >= 4 is 33.9 Å². The van der Waals surface area contributed by atoms with Gasteiger partial charge in [-0.15, -0.1) is 11.3 Å². The number of furan rings is 1. The zero-order valence-corrected chi connectivity index (χ0v) is 11.6. The third-order valence-corrected chi connectivity index (χ3v) is 4.17. The van der Waals surface area contributed by atoms with Crippen molar-refractivity contribution in [2.75, 3.05) is 0 Å². The SMILES string of the molecule is Cc1cc(C(N)c2csc(I)c2)c(C)o1. The molecule has 0 saturated carbocycles. The molecular weight excluding hydrogens is 321 g/mol. The van der Waals surface area contributed by atoms with Crippen molar-refractivity contribution < 1.29 is 4.42 Å². The van der Waals surface area contributed by atoms with Crippen molar-refractivity contribution in [2.24, 2.45) is 5.73 Å². The van der Waals surface area contributed by atoms with Crippen molar-refractivity contribution in [3.8, 4) is 0 Å². The summed E-state index contributed by atoms with van der Waals surface area (Å²) in [6.07, 6.45) is 0. The lowest BCUT2D eigenvalue weighted by Gasteiger charge is -2.07. The summed E-state index contributed by atoms with van der Waals surface area (Å²) in [5.41, 5.74) is 8.43. The highest BCUT2D eigenvalue weighted by Gasteiger charge is 2.15. The van der Waals surface area contributed by atoms with E-state index in [-0.39, 0.29) is 6.04 Å². The Morgan fingerprint density at radius 3 is 2.60 bits per heavy atom. The van der Waals surface area contributed by atoms with Crippen LogP contribution in [0, 0.1) is 16.7 Å². The zero-order chi connectivity index (χ0) is 11.0. The van der Waals surface area contributed by atoms with Gasteiger partial charge < -0.3 is 10.2 Å². The fourth-order valence-corrected chi connectivity index (χ4v) is 3.03. The maximum Gasteiger partial charge on any atom is 0.106 e. The highest BCUT2D eigenvalue weighted by Crippen LogP contribution is 2.28. The molecule has 80 valence electrons. The van der Waals surface area contributed by atoms with Crippen molar-refractivity contribution in [1.29, 1.82) is 0 Å². The van der Waals surface area contributed by atoms with E-state index in [1.807, 2.05) is 19.9 Å². The largest absolute Gasteiger partial charge is 0.466 e. The van der Waals surface area contributed by atoms with Gasteiger partial charge in [-0.3, -0.25) is 0 Å². The van der Waals surface area contributed by atoms with Gasteiger partial charge in [0.25, 0.3) is 0 Å². The smallest absolute Gasteiger partial charge is 0.106 e. The van der Waals surface area contributed by atoms with E-state index in [1.54, 1.807) is 11.3 Å². The molecule has 2 rings (SSSR count). The van der Waals surface area contributed by atoms with E-state index < -0.39 is 0 Å². The highest BCUT2D eigenvalue weighted by atomic mass is 127. The molecule has 0 fully saturated rings. The predicted octanol–water partition coefficient (Wildman–Crippen LogP) is 3.61. The number of nitrogens with two attached hydrogens (primary N) is 1. The molecule has 2 aromatic heterocycles. The van der Waals surface area contributed by atoms with Gasteiger partial charge in [0.2, 0.25) is 0 Å². The minimum absolute atomic E-state index is 0.0674. The second kappa shape index (κ2) is 4.27. The fraction of sp³-hybridized carbons (Fsp3) is 0.273. The monoisotopic (exact) mass is 333 g/mol. The summed E-state index contributed by atoms with van der Waals surface area (Å²) in [6, 6.07) is 4.07. The molecule has 0 bridgehead atoms. The third kappa shape index (κ3) is 2.26. The molecule has 2 heterocycles. The van der Waals surface area contributed by atoms with Gasteiger partial charge in [-0.1, -0.05) is 0 Å². The van der Waals surface area contributed by atoms with E-state index in [1.165, 1.54) is 2.88 Å². The Hall–Kier alpha value is -0.330. The van der Waals surface area contributed by atoms with Gasteiger partial charge in [0.15, 0.2) is 0 Å². The number of thiophene rings is 1. The lowest BCUT2D eigenvalue weighted by Crippen LogP contribution is -2.10. The van der Waals surface area contributed by atoms with Gasteiger partial charge in [-0.25, -0.2) is 0 Å². The molecular formula is C11H12INOS. The van der Waals surface area contributed by atoms with Crippen LogP contribution in [0.25, 0.3) is 0 Å². The minimum Gasteiger partial charge on any atom is -0.466 e. The van der Waals surface area contributed by atoms with Crippen LogP contribution in [0.15, 0.2) is 21.9 Å². The van der Waals surface area contributed by atoms with Crippen LogP contribution in [-0.2, 0) is 0 Å². The zero-order valence-electron chi connectivity index (χ0n) is 8.58. The first-order valence-corrected chi connectivity index (χ1v) is 6.60. The molecule has 0 aliphatic heterocycles. The van der Waals surface area contributed by atoms with Gasteiger partial charge in [0.05, 0.1) is 8.93 Å². The average molecular weight is 333 g/mol. The normalized spacial score (nSPS) is 13.1. The maximum absolute atomic E-state index is 6.19. The third-order valence-electron chi connectivity index (χ3n) is 2.36. The van der Waals surface area contributed by atoms with Crippen LogP contribution in [0.2, 0.25) is 0 Å². The molecule has 0 aliphatic rings. The number of halogens is 1. The highest BCUT2D eigenvalue weighted by molar-refractivity contribution is 14.1. The average Bonchev–Trinajstić information content (AvgIpc) is 2.71. The van der Waals surface area contributed by atoms with Crippen LogP contribution in [0.4, 0.5) is 0 Å².